The Kier molecular flexibility index (Phi) is 5.46. The van der Waals surface area contributed by atoms with E-state index < -0.39 is 28.5 Å². The molecule has 4 aromatic rings. The predicted molar refractivity (Wildman–Crippen MR) is 138 cm³/mol. The zero-order valence-corrected chi connectivity index (χ0v) is 20.6. The van der Waals surface area contributed by atoms with Crippen molar-refractivity contribution in [3.05, 3.63) is 98.9 Å². The number of hydrogen-bond donors (Lipinski definition) is 1. The Morgan fingerprint density at radius 3 is 2.66 bits per heavy atom. The highest BCUT2D eigenvalue weighted by Gasteiger charge is 2.48. The van der Waals surface area contributed by atoms with Crippen LogP contribution in [-0.2, 0) is 16.0 Å². The summed E-state index contributed by atoms with van der Waals surface area (Å²) in [6.07, 6.45) is 0.593. The van der Waals surface area contributed by atoms with Gasteiger partial charge in [-0.15, -0.1) is 0 Å². The van der Waals surface area contributed by atoms with Crippen molar-refractivity contribution >= 4 is 49.8 Å². The van der Waals surface area contributed by atoms with Crippen LogP contribution in [0.1, 0.15) is 29.7 Å². The van der Waals surface area contributed by atoms with Crippen LogP contribution in [0.15, 0.2) is 66.2 Å². The number of aliphatic hydroxyl groups excluding tert-OH is 1. The first-order chi connectivity index (χ1) is 18.2. The summed E-state index contributed by atoms with van der Waals surface area (Å²) in [5.41, 5.74) is 1.63. The molecule has 190 valence electrons. The van der Waals surface area contributed by atoms with Gasteiger partial charge in [0.15, 0.2) is 5.13 Å². The van der Waals surface area contributed by atoms with Crippen molar-refractivity contribution in [3.63, 3.8) is 0 Å². The average Bonchev–Trinajstić information content (AvgIpc) is 3.55. The fourth-order valence-electron chi connectivity index (χ4n) is 4.84. The highest BCUT2D eigenvalue weighted by atomic mass is 32.1. The number of ether oxygens (including phenoxy) is 1. The van der Waals surface area contributed by atoms with Gasteiger partial charge in [0, 0.05) is 24.1 Å². The van der Waals surface area contributed by atoms with Crippen molar-refractivity contribution in [3.8, 4) is 5.75 Å². The molecule has 2 aliphatic rings. The molecule has 0 bridgehead atoms. The third-order valence-electron chi connectivity index (χ3n) is 6.58. The number of benzene rings is 3. The lowest BCUT2D eigenvalue weighted by molar-refractivity contribution is -0.384. The standard InChI is InChI=1S/C27H18FN3O6S/c1-13-10-16-11-15(4-9-20(16)37-13)24(32)22-23(14-2-6-18(7-3-14)31(35)36)30(26(34)25(22)33)27-29-19-8-5-17(28)12-21(19)38-27/h2-9,11-13,23,32H,10H2,1H3/t13-,23-/m1/s1. The van der Waals surface area contributed by atoms with Crippen LogP contribution < -0.4 is 9.64 Å². The van der Waals surface area contributed by atoms with E-state index in [1.165, 1.54) is 42.5 Å². The lowest BCUT2D eigenvalue weighted by Gasteiger charge is -2.23. The van der Waals surface area contributed by atoms with Crippen LogP contribution in [0.3, 0.4) is 0 Å². The number of anilines is 1. The van der Waals surface area contributed by atoms with E-state index in [-0.39, 0.29) is 28.3 Å². The zero-order valence-electron chi connectivity index (χ0n) is 19.8. The van der Waals surface area contributed by atoms with Crippen molar-refractivity contribution < 1.29 is 28.7 Å². The van der Waals surface area contributed by atoms with Gasteiger partial charge in [-0.3, -0.25) is 24.6 Å². The Bertz CT molecular complexity index is 1700. The molecule has 38 heavy (non-hydrogen) atoms. The minimum Gasteiger partial charge on any atom is -0.507 e. The Morgan fingerprint density at radius 1 is 1.16 bits per heavy atom. The van der Waals surface area contributed by atoms with Crippen LogP contribution in [0.2, 0.25) is 0 Å². The van der Waals surface area contributed by atoms with Crippen molar-refractivity contribution in [2.45, 2.75) is 25.5 Å². The third kappa shape index (κ3) is 3.79. The second-order valence-corrected chi connectivity index (χ2v) is 10.1. The summed E-state index contributed by atoms with van der Waals surface area (Å²) in [4.78, 5) is 43.0. The molecule has 1 saturated heterocycles. The highest BCUT2D eigenvalue weighted by molar-refractivity contribution is 7.22. The molecule has 1 fully saturated rings. The molecular formula is C27H18FN3O6S. The first-order valence-corrected chi connectivity index (χ1v) is 12.4. The first kappa shape index (κ1) is 23.7. The largest absolute Gasteiger partial charge is 0.507 e. The highest BCUT2D eigenvalue weighted by Crippen LogP contribution is 2.45. The van der Waals surface area contributed by atoms with Gasteiger partial charge in [0.1, 0.15) is 23.4 Å². The molecule has 1 amide bonds. The average molecular weight is 532 g/mol. The van der Waals surface area contributed by atoms with Crippen molar-refractivity contribution in [1.82, 2.24) is 4.98 Å². The maximum Gasteiger partial charge on any atom is 0.301 e. The number of halogens is 1. The van der Waals surface area contributed by atoms with Crippen LogP contribution in [-0.4, -0.2) is 32.8 Å². The van der Waals surface area contributed by atoms with Crippen molar-refractivity contribution in [2.24, 2.45) is 0 Å². The Labute approximate surface area is 218 Å². The van der Waals surface area contributed by atoms with Gasteiger partial charge < -0.3 is 9.84 Å². The van der Waals surface area contributed by atoms with E-state index in [9.17, 15) is 29.2 Å². The second kappa shape index (κ2) is 8.73. The molecule has 11 heteroatoms. The molecule has 2 aliphatic heterocycles. The van der Waals surface area contributed by atoms with Gasteiger partial charge >= 0.3 is 5.91 Å². The summed E-state index contributed by atoms with van der Waals surface area (Å²) >= 11 is 1.02. The van der Waals surface area contributed by atoms with Gasteiger partial charge in [-0.1, -0.05) is 11.3 Å². The van der Waals surface area contributed by atoms with Crippen LogP contribution in [0.25, 0.3) is 16.0 Å². The number of nitrogens with zero attached hydrogens (tertiary/aromatic N) is 3. The zero-order chi connectivity index (χ0) is 26.7. The van der Waals surface area contributed by atoms with Crippen LogP contribution >= 0.6 is 11.3 Å². The smallest absolute Gasteiger partial charge is 0.301 e. The summed E-state index contributed by atoms with van der Waals surface area (Å²) in [6.45, 7) is 1.92. The monoisotopic (exact) mass is 531 g/mol. The second-order valence-electron chi connectivity index (χ2n) is 9.08. The molecule has 3 aromatic carbocycles. The van der Waals surface area contributed by atoms with E-state index in [0.29, 0.717) is 33.5 Å². The van der Waals surface area contributed by atoms with Gasteiger partial charge in [-0.25, -0.2) is 9.37 Å². The van der Waals surface area contributed by atoms with E-state index in [1.807, 2.05) is 6.92 Å². The van der Waals surface area contributed by atoms with E-state index in [1.54, 1.807) is 18.2 Å². The topological polar surface area (TPSA) is 123 Å². The van der Waals surface area contributed by atoms with Gasteiger partial charge in [0.05, 0.1) is 26.8 Å². The molecule has 6 rings (SSSR count). The lowest BCUT2D eigenvalue weighted by Crippen LogP contribution is -2.29. The molecule has 9 nitrogen and oxygen atoms in total. The number of hydrogen-bond acceptors (Lipinski definition) is 8. The summed E-state index contributed by atoms with van der Waals surface area (Å²) in [5, 5.41) is 22.7. The molecule has 3 heterocycles. The summed E-state index contributed by atoms with van der Waals surface area (Å²) in [5.74, 6) is -2.03. The molecule has 1 N–H and O–H groups in total. The molecule has 0 radical (unpaired) electrons. The maximum absolute atomic E-state index is 13.8. The summed E-state index contributed by atoms with van der Waals surface area (Å²) < 4.78 is 20.0. The number of nitro groups is 1. The Morgan fingerprint density at radius 2 is 1.92 bits per heavy atom. The molecule has 0 saturated carbocycles. The van der Waals surface area contributed by atoms with E-state index >= 15 is 0 Å². The van der Waals surface area contributed by atoms with E-state index in [2.05, 4.69) is 4.98 Å². The molecule has 0 unspecified atom stereocenters. The summed E-state index contributed by atoms with van der Waals surface area (Å²) in [7, 11) is 0. The number of fused-ring (bicyclic) bond motifs is 2. The van der Waals surface area contributed by atoms with Crippen molar-refractivity contribution in [1.29, 1.82) is 0 Å². The van der Waals surface area contributed by atoms with Gasteiger partial charge in [0.2, 0.25) is 0 Å². The van der Waals surface area contributed by atoms with Crippen LogP contribution in [0.4, 0.5) is 15.2 Å². The summed E-state index contributed by atoms with van der Waals surface area (Å²) in [6, 6.07) is 13.3. The van der Waals surface area contributed by atoms with Crippen LogP contribution in [0, 0.1) is 15.9 Å². The van der Waals surface area contributed by atoms with E-state index in [4.69, 9.17) is 4.74 Å². The third-order valence-corrected chi connectivity index (χ3v) is 7.60. The number of ketones is 1. The minimum absolute atomic E-state index is 0.0306. The first-order valence-electron chi connectivity index (χ1n) is 11.6. The lowest BCUT2D eigenvalue weighted by atomic mass is 9.94. The molecule has 0 aliphatic carbocycles. The SMILES string of the molecule is C[C@@H]1Cc2cc(C(O)=C3C(=O)C(=O)N(c4nc5ccc(F)cc5s4)[C@@H]3c3ccc([N+](=O)[O-])cc3)ccc2O1. The molecule has 2 atom stereocenters. The van der Waals surface area contributed by atoms with Crippen molar-refractivity contribution in [2.75, 3.05) is 4.90 Å². The maximum atomic E-state index is 13.8. The molecule has 0 spiro atoms. The number of amides is 1. The number of aromatic nitrogens is 1. The molecular weight excluding hydrogens is 513 g/mol. The number of carbonyl (C=O) groups is 2. The minimum atomic E-state index is -1.12. The number of aliphatic hydroxyl groups is 1. The number of nitro benzene ring substituents is 1. The molecule has 1 aromatic heterocycles. The Balaban J connectivity index is 1.53. The Hall–Kier alpha value is -4.64. The fourth-order valence-corrected chi connectivity index (χ4v) is 5.85. The van der Waals surface area contributed by atoms with Gasteiger partial charge in [-0.05, 0) is 66.6 Å². The van der Waals surface area contributed by atoms with Gasteiger partial charge in [-0.2, -0.15) is 0 Å². The number of Topliss-reactive ketones (excluding diaryl/α,β-unsaturated/α-hetero) is 1. The fraction of sp³-hybridized carbons (Fsp3) is 0.148. The normalized spacial score (nSPS) is 20.1. The van der Waals surface area contributed by atoms with Crippen LogP contribution in [0.5, 0.6) is 5.75 Å². The number of thiazole rings is 1. The number of carbonyl (C=O) groups excluding carboxylic acids is 2. The van der Waals surface area contributed by atoms with E-state index in [0.717, 1.165) is 21.8 Å². The quantitative estimate of drug-likeness (QED) is 0.125. The predicted octanol–water partition coefficient (Wildman–Crippen LogP) is 5.29. The number of non-ortho nitro benzene ring substituents is 1. The number of rotatable bonds is 4. The van der Waals surface area contributed by atoms with Gasteiger partial charge in [0.25, 0.3) is 11.5 Å².